The Labute approximate surface area is 76.4 Å². The van der Waals surface area contributed by atoms with Crippen molar-refractivity contribution in [1.29, 1.82) is 0 Å². The van der Waals surface area contributed by atoms with E-state index in [2.05, 4.69) is 5.32 Å². The van der Waals surface area contributed by atoms with E-state index in [1.807, 2.05) is 6.07 Å². The first kappa shape index (κ1) is 9.70. The monoisotopic (exact) mass is 180 g/mol. The molecule has 1 amide bonds. The summed E-state index contributed by atoms with van der Waals surface area (Å²) >= 11 is 0. The quantitative estimate of drug-likeness (QED) is 0.610. The van der Waals surface area contributed by atoms with Gasteiger partial charge < -0.3 is 16.2 Å². The fourth-order valence-electron chi connectivity index (χ4n) is 0.839. The first-order chi connectivity index (χ1) is 6.24. The first-order valence-corrected chi connectivity index (χ1v) is 3.96. The van der Waals surface area contributed by atoms with E-state index in [0.717, 1.165) is 0 Å². The van der Waals surface area contributed by atoms with Crippen molar-refractivity contribution in [2.45, 2.75) is 6.04 Å². The molecule has 13 heavy (non-hydrogen) atoms. The van der Waals surface area contributed by atoms with Crippen molar-refractivity contribution in [3.8, 4) is 0 Å². The Bertz CT molecular complexity index is 274. The Kier molecular flexibility index (Phi) is 3.42. The lowest BCUT2D eigenvalue weighted by Crippen LogP contribution is -2.38. The van der Waals surface area contributed by atoms with E-state index >= 15 is 0 Å². The summed E-state index contributed by atoms with van der Waals surface area (Å²) in [6, 6.07) is 8.10. The molecule has 1 rings (SSSR count). The Balaban J connectivity index is 2.55. The van der Waals surface area contributed by atoms with E-state index in [0.29, 0.717) is 5.69 Å². The predicted octanol–water partition coefficient (Wildman–Crippen LogP) is -0.0553. The molecule has 70 valence electrons. The van der Waals surface area contributed by atoms with Crippen LogP contribution in [0.15, 0.2) is 30.3 Å². The number of aliphatic hydroxyl groups is 1. The van der Waals surface area contributed by atoms with E-state index < -0.39 is 6.04 Å². The Morgan fingerprint density at radius 1 is 1.46 bits per heavy atom. The number of hydrogen-bond donors (Lipinski definition) is 3. The summed E-state index contributed by atoms with van der Waals surface area (Å²) in [5.41, 5.74) is 5.98. The molecule has 0 fully saturated rings. The maximum absolute atomic E-state index is 11.1. The van der Waals surface area contributed by atoms with Crippen LogP contribution in [0.5, 0.6) is 0 Å². The van der Waals surface area contributed by atoms with Crippen molar-refractivity contribution in [3.63, 3.8) is 0 Å². The number of carbonyl (C=O) groups is 1. The zero-order chi connectivity index (χ0) is 9.68. The number of hydrogen-bond acceptors (Lipinski definition) is 3. The van der Waals surface area contributed by atoms with Gasteiger partial charge >= 0.3 is 0 Å². The number of aliphatic hydroxyl groups excluding tert-OH is 1. The maximum atomic E-state index is 11.1. The molecule has 0 saturated carbocycles. The number of amides is 1. The van der Waals surface area contributed by atoms with Gasteiger partial charge in [0.05, 0.1) is 6.61 Å². The third-order valence-electron chi connectivity index (χ3n) is 1.57. The molecule has 0 aliphatic rings. The smallest absolute Gasteiger partial charge is 0.243 e. The fourth-order valence-corrected chi connectivity index (χ4v) is 0.839. The van der Waals surface area contributed by atoms with Crippen LogP contribution < -0.4 is 11.1 Å². The summed E-state index contributed by atoms with van der Waals surface area (Å²) in [7, 11) is 0. The standard InChI is InChI=1S/C9H12N2O2/c10-8(6-12)9(13)11-7-4-2-1-3-5-7/h1-5,8,12H,6,10H2,(H,11,13). The molecule has 0 saturated heterocycles. The zero-order valence-electron chi connectivity index (χ0n) is 7.10. The molecule has 4 N–H and O–H groups in total. The number of anilines is 1. The Morgan fingerprint density at radius 3 is 2.62 bits per heavy atom. The van der Waals surface area contributed by atoms with Gasteiger partial charge in [-0.15, -0.1) is 0 Å². The van der Waals surface area contributed by atoms with Crippen LogP contribution in [0.1, 0.15) is 0 Å². The summed E-state index contributed by atoms with van der Waals surface area (Å²) in [6.07, 6.45) is 0. The van der Waals surface area contributed by atoms with Crippen LogP contribution in [0.3, 0.4) is 0 Å². The van der Waals surface area contributed by atoms with Gasteiger partial charge in [-0.3, -0.25) is 4.79 Å². The van der Waals surface area contributed by atoms with E-state index in [1.54, 1.807) is 24.3 Å². The minimum absolute atomic E-state index is 0.349. The molecule has 0 radical (unpaired) electrons. The van der Waals surface area contributed by atoms with Gasteiger partial charge in [0.15, 0.2) is 0 Å². The summed E-state index contributed by atoms with van der Waals surface area (Å²) in [5, 5.41) is 11.2. The minimum Gasteiger partial charge on any atom is -0.394 e. The molecule has 0 spiro atoms. The van der Waals surface area contributed by atoms with Crippen molar-refractivity contribution >= 4 is 11.6 Å². The number of nitrogens with two attached hydrogens (primary N) is 1. The van der Waals surface area contributed by atoms with Gasteiger partial charge in [0.1, 0.15) is 6.04 Å². The number of carbonyl (C=O) groups excluding carboxylic acids is 1. The first-order valence-electron chi connectivity index (χ1n) is 3.96. The summed E-state index contributed by atoms with van der Waals surface area (Å²) in [5.74, 6) is -0.381. The van der Waals surface area contributed by atoms with Gasteiger partial charge in [-0.25, -0.2) is 0 Å². The van der Waals surface area contributed by atoms with Crippen LogP contribution in [0.4, 0.5) is 5.69 Å². The van der Waals surface area contributed by atoms with Crippen molar-refractivity contribution in [2.75, 3.05) is 11.9 Å². The SMILES string of the molecule is NC(CO)C(=O)Nc1ccccc1. The van der Waals surface area contributed by atoms with Crippen LogP contribution in [0, 0.1) is 0 Å². The molecule has 0 aliphatic heterocycles. The van der Waals surface area contributed by atoms with Gasteiger partial charge in [0, 0.05) is 5.69 Å². The summed E-state index contributed by atoms with van der Waals surface area (Å²) < 4.78 is 0. The molecule has 0 aliphatic carbocycles. The molecule has 4 nitrogen and oxygen atoms in total. The molecule has 1 unspecified atom stereocenters. The highest BCUT2D eigenvalue weighted by molar-refractivity contribution is 5.94. The lowest BCUT2D eigenvalue weighted by atomic mass is 10.3. The van der Waals surface area contributed by atoms with Crippen LogP contribution in [0.2, 0.25) is 0 Å². The second kappa shape index (κ2) is 4.59. The minimum atomic E-state index is -0.861. The summed E-state index contributed by atoms with van der Waals surface area (Å²) in [4.78, 5) is 11.1. The summed E-state index contributed by atoms with van der Waals surface area (Å²) in [6.45, 7) is -0.349. The average Bonchev–Trinajstić information content (AvgIpc) is 2.18. The van der Waals surface area contributed by atoms with Gasteiger partial charge in [-0.1, -0.05) is 18.2 Å². The second-order valence-corrected chi connectivity index (χ2v) is 2.64. The fraction of sp³-hybridized carbons (Fsp3) is 0.222. The normalized spacial score (nSPS) is 12.2. The molecule has 1 aromatic rings. The molecule has 1 atom stereocenters. The van der Waals surface area contributed by atoms with Crippen molar-refractivity contribution < 1.29 is 9.90 Å². The van der Waals surface area contributed by atoms with E-state index in [-0.39, 0.29) is 12.5 Å². The molecule has 4 heteroatoms. The van der Waals surface area contributed by atoms with Crippen molar-refractivity contribution in [2.24, 2.45) is 5.73 Å². The van der Waals surface area contributed by atoms with Crippen LogP contribution in [0.25, 0.3) is 0 Å². The third kappa shape index (κ3) is 2.85. The highest BCUT2D eigenvalue weighted by atomic mass is 16.3. The second-order valence-electron chi connectivity index (χ2n) is 2.64. The van der Waals surface area contributed by atoms with Crippen molar-refractivity contribution in [1.82, 2.24) is 0 Å². The topological polar surface area (TPSA) is 75.3 Å². The predicted molar refractivity (Wildman–Crippen MR) is 50.1 cm³/mol. The largest absolute Gasteiger partial charge is 0.394 e. The number of nitrogens with one attached hydrogen (secondary N) is 1. The molecular weight excluding hydrogens is 168 g/mol. The maximum Gasteiger partial charge on any atom is 0.243 e. The van der Waals surface area contributed by atoms with Crippen molar-refractivity contribution in [3.05, 3.63) is 30.3 Å². The number of para-hydroxylation sites is 1. The molecule has 1 aromatic carbocycles. The van der Waals surface area contributed by atoms with E-state index in [1.165, 1.54) is 0 Å². The van der Waals surface area contributed by atoms with Gasteiger partial charge in [-0.2, -0.15) is 0 Å². The highest BCUT2D eigenvalue weighted by Crippen LogP contribution is 2.04. The lowest BCUT2D eigenvalue weighted by molar-refractivity contribution is -0.118. The van der Waals surface area contributed by atoms with Gasteiger partial charge in [-0.05, 0) is 12.1 Å². The lowest BCUT2D eigenvalue weighted by Gasteiger charge is -2.08. The zero-order valence-corrected chi connectivity index (χ0v) is 7.10. The molecule has 0 heterocycles. The Hall–Kier alpha value is -1.39. The van der Waals surface area contributed by atoms with Crippen LogP contribution in [-0.2, 0) is 4.79 Å². The van der Waals surface area contributed by atoms with E-state index in [9.17, 15) is 4.79 Å². The van der Waals surface area contributed by atoms with Gasteiger partial charge in [0.2, 0.25) is 5.91 Å². The van der Waals surface area contributed by atoms with Gasteiger partial charge in [0.25, 0.3) is 0 Å². The van der Waals surface area contributed by atoms with Crippen LogP contribution >= 0.6 is 0 Å². The number of benzene rings is 1. The number of rotatable bonds is 3. The third-order valence-corrected chi connectivity index (χ3v) is 1.57. The molecule has 0 aromatic heterocycles. The molecule has 0 bridgehead atoms. The Morgan fingerprint density at radius 2 is 2.08 bits per heavy atom. The molecular formula is C9H12N2O2. The van der Waals surface area contributed by atoms with E-state index in [4.69, 9.17) is 10.8 Å². The van der Waals surface area contributed by atoms with Crippen LogP contribution in [-0.4, -0.2) is 23.7 Å². The average molecular weight is 180 g/mol. The highest BCUT2D eigenvalue weighted by Gasteiger charge is 2.11.